The summed E-state index contributed by atoms with van der Waals surface area (Å²) >= 11 is 0. The summed E-state index contributed by atoms with van der Waals surface area (Å²) in [5.74, 6) is -2.55. The maximum Gasteiger partial charge on any atom is 0.341 e. The van der Waals surface area contributed by atoms with Gasteiger partial charge in [0, 0.05) is 0 Å². The van der Waals surface area contributed by atoms with Crippen LogP contribution in [0.1, 0.15) is 33.2 Å². The summed E-state index contributed by atoms with van der Waals surface area (Å²) in [4.78, 5) is 50.7. The molecule has 0 bridgehead atoms. The predicted molar refractivity (Wildman–Crippen MR) is 97.9 cm³/mol. The number of ether oxygens (including phenoxy) is 1. The van der Waals surface area contributed by atoms with Gasteiger partial charge in [-0.15, -0.1) is 0 Å². The highest BCUT2D eigenvalue weighted by molar-refractivity contribution is 6.26. The second-order valence-electron chi connectivity index (χ2n) is 5.85. The standard InChI is InChI=1S/C21H17NO5/c1-2-27-21(26)17(12-14-8-4-3-5-9-14)18(23)13-22-19(24)15-10-6-7-11-16(15)20(22)25/h3-12H,2,13H2,1H3/b17-12-. The van der Waals surface area contributed by atoms with E-state index in [2.05, 4.69) is 0 Å². The number of rotatable bonds is 6. The Balaban J connectivity index is 1.88. The Hall–Kier alpha value is -3.54. The summed E-state index contributed by atoms with van der Waals surface area (Å²) in [5.41, 5.74) is 0.927. The Bertz CT molecular complexity index is 911. The molecule has 3 rings (SSSR count). The van der Waals surface area contributed by atoms with Crippen LogP contribution in [0.3, 0.4) is 0 Å². The second-order valence-corrected chi connectivity index (χ2v) is 5.85. The molecule has 0 saturated heterocycles. The lowest BCUT2D eigenvalue weighted by Gasteiger charge is -2.14. The third-order valence-corrected chi connectivity index (χ3v) is 4.09. The van der Waals surface area contributed by atoms with Crippen molar-refractivity contribution in [2.45, 2.75) is 6.92 Å². The molecule has 0 atom stereocenters. The zero-order valence-corrected chi connectivity index (χ0v) is 14.7. The molecule has 2 aromatic carbocycles. The highest BCUT2D eigenvalue weighted by atomic mass is 16.5. The summed E-state index contributed by atoms with van der Waals surface area (Å²) in [5, 5.41) is 0. The molecule has 0 radical (unpaired) electrons. The zero-order chi connectivity index (χ0) is 19.4. The fraction of sp³-hybridized carbons (Fsp3) is 0.143. The number of carbonyl (C=O) groups excluding carboxylic acids is 4. The van der Waals surface area contributed by atoms with Crippen molar-refractivity contribution < 1.29 is 23.9 Å². The first-order valence-electron chi connectivity index (χ1n) is 8.45. The molecule has 0 fully saturated rings. The van der Waals surface area contributed by atoms with Crippen LogP contribution in [-0.2, 0) is 14.3 Å². The molecule has 6 heteroatoms. The Morgan fingerprint density at radius 3 is 2.04 bits per heavy atom. The van der Waals surface area contributed by atoms with Crippen LogP contribution in [0, 0.1) is 0 Å². The number of hydrogen-bond donors (Lipinski definition) is 0. The normalized spacial score (nSPS) is 13.5. The molecule has 0 saturated carbocycles. The molecule has 2 amide bonds. The molecule has 0 N–H and O–H groups in total. The van der Waals surface area contributed by atoms with Gasteiger partial charge in [0.05, 0.1) is 24.3 Å². The summed E-state index contributed by atoms with van der Waals surface area (Å²) in [7, 11) is 0. The molecule has 136 valence electrons. The van der Waals surface area contributed by atoms with Gasteiger partial charge >= 0.3 is 5.97 Å². The third kappa shape index (κ3) is 3.69. The van der Waals surface area contributed by atoms with Crippen LogP contribution in [0.15, 0.2) is 60.2 Å². The van der Waals surface area contributed by atoms with Crippen LogP contribution in [0.5, 0.6) is 0 Å². The number of fused-ring (bicyclic) bond motifs is 1. The molecule has 6 nitrogen and oxygen atoms in total. The van der Waals surface area contributed by atoms with Gasteiger partial charge in [-0.2, -0.15) is 0 Å². The lowest BCUT2D eigenvalue weighted by atomic mass is 10.1. The number of Topliss-reactive ketones (excluding diaryl/α,β-unsaturated/α-hetero) is 1. The maximum atomic E-state index is 12.7. The van der Waals surface area contributed by atoms with Crippen molar-refractivity contribution in [3.63, 3.8) is 0 Å². The quantitative estimate of drug-likeness (QED) is 0.259. The predicted octanol–water partition coefficient (Wildman–Crippen LogP) is 2.50. The fourth-order valence-corrected chi connectivity index (χ4v) is 2.79. The number of carbonyl (C=O) groups is 4. The van der Waals surface area contributed by atoms with E-state index in [1.165, 1.54) is 18.2 Å². The van der Waals surface area contributed by atoms with Gasteiger partial charge in [0.2, 0.25) is 0 Å². The van der Waals surface area contributed by atoms with Crippen molar-refractivity contribution >= 4 is 29.6 Å². The molecular weight excluding hydrogens is 346 g/mol. The van der Waals surface area contributed by atoms with Gasteiger partial charge in [-0.1, -0.05) is 42.5 Å². The average Bonchev–Trinajstić information content (AvgIpc) is 2.92. The van der Waals surface area contributed by atoms with Crippen LogP contribution in [-0.4, -0.2) is 41.6 Å². The zero-order valence-electron chi connectivity index (χ0n) is 14.7. The molecule has 0 spiro atoms. The Morgan fingerprint density at radius 1 is 0.926 bits per heavy atom. The van der Waals surface area contributed by atoms with E-state index < -0.39 is 30.1 Å². The first kappa shape index (κ1) is 18.3. The van der Waals surface area contributed by atoms with Crippen molar-refractivity contribution in [3.8, 4) is 0 Å². The van der Waals surface area contributed by atoms with E-state index >= 15 is 0 Å². The second kappa shape index (κ2) is 7.78. The molecule has 0 unspecified atom stereocenters. The van der Waals surface area contributed by atoms with Crippen molar-refractivity contribution in [2.24, 2.45) is 0 Å². The SMILES string of the molecule is CCOC(=O)/C(=C\c1ccccc1)C(=O)CN1C(=O)c2ccccc2C1=O. The van der Waals surface area contributed by atoms with E-state index in [0.29, 0.717) is 5.56 Å². The molecular formula is C21H17NO5. The lowest BCUT2D eigenvalue weighted by molar-refractivity contribution is -0.140. The summed E-state index contributed by atoms with van der Waals surface area (Å²) in [6.45, 7) is 1.21. The van der Waals surface area contributed by atoms with Crippen molar-refractivity contribution in [1.29, 1.82) is 0 Å². The van der Waals surface area contributed by atoms with Gasteiger partial charge in [-0.05, 0) is 30.7 Å². The largest absolute Gasteiger partial charge is 0.462 e. The number of imide groups is 1. The van der Waals surface area contributed by atoms with Gasteiger partial charge in [0.15, 0.2) is 5.78 Å². The molecule has 1 heterocycles. The van der Waals surface area contributed by atoms with E-state index in [0.717, 1.165) is 4.90 Å². The van der Waals surface area contributed by atoms with Gasteiger partial charge in [0.1, 0.15) is 5.57 Å². The molecule has 0 aromatic heterocycles. The van der Waals surface area contributed by atoms with Crippen molar-refractivity contribution in [1.82, 2.24) is 4.90 Å². The average molecular weight is 363 g/mol. The minimum atomic E-state index is -0.789. The molecule has 0 aliphatic carbocycles. The van der Waals surface area contributed by atoms with E-state index in [1.54, 1.807) is 43.3 Å². The fourth-order valence-electron chi connectivity index (χ4n) is 2.79. The number of hydrogen-bond acceptors (Lipinski definition) is 5. The topological polar surface area (TPSA) is 80.8 Å². The minimum Gasteiger partial charge on any atom is -0.462 e. The first-order chi connectivity index (χ1) is 13.0. The van der Waals surface area contributed by atoms with E-state index in [-0.39, 0.29) is 23.3 Å². The van der Waals surface area contributed by atoms with Crippen LogP contribution < -0.4 is 0 Å². The van der Waals surface area contributed by atoms with Crippen molar-refractivity contribution in [3.05, 3.63) is 76.9 Å². The summed E-state index contributed by atoms with van der Waals surface area (Å²) in [6, 6.07) is 15.2. The van der Waals surface area contributed by atoms with Crippen molar-refractivity contribution in [2.75, 3.05) is 13.2 Å². The van der Waals surface area contributed by atoms with Gasteiger partial charge in [-0.3, -0.25) is 19.3 Å². The molecule has 1 aliphatic rings. The number of benzene rings is 2. The van der Waals surface area contributed by atoms with Crippen LogP contribution in [0.25, 0.3) is 6.08 Å². The van der Waals surface area contributed by atoms with E-state index in [4.69, 9.17) is 4.74 Å². The van der Waals surface area contributed by atoms with Crippen LogP contribution in [0.4, 0.5) is 0 Å². The van der Waals surface area contributed by atoms with Gasteiger partial charge in [0.25, 0.3) is 11.8 Å². The highest BCUT2D eigenvalue weighted by Gasteiger charge is 2.37. The summed E-state index contributed by atoms with van der Waals surface area (Å²) < 4.78 is 4.96. The van der Waals surface area contributed by atoms with Gasteiger partial charge in [-0.25, -0.2) is 4.79 Å². The maximum absolute atomic E-state index is 12.7. The first-order valence-corrected chi connectivity index (χ1v) is 8.45. The number of amides is 2. The monoisotopic (exact) mass is 363 g/mol. The molecule has 2 aromatic rings. The Morgan fingerprint density at radius 2 is 1.48 bits per heavy atom. The Kier molecular flexibility index (Phi) is 5.26. The molecule has 1 aliphatic heterocycles. The lowest BCUT2D eigenvalue weighted by Crippen LogP contribution is -2.36. The smallest absolute Gasteiger partial charge is 0.341 e. The summed E-state index contributed by atoms with van der Waals surface area (Å²) in [6.07, 6.45) is 1.40. The third-order valence-electron chi connectivity index (χ3n) is 4.09. The number of ketones is 1. The highest BCUT2D eigenvalue weighted by Crippen LogP contribution is 2.23. The minimum absolute atomic E-state index is 0.102. The Labute approximate surface area is 156 Å². The number of nitrogens with zero attached hydrogens (tertiary/aromatic N) is 1. The van der Waals surface area contributed by atoms with E-state index in [1.807, 2.05) is 6.07 Å². The van der Waals surface area contributed by atoms with Crippen LogP contribution >= 0.6 is 0 Å². The van der Waals surface area contributed by atoms with Gasteiger partial charge < -0.3 is 4.74 Å². The molecule has 27 heavy (non-hydrogen) atoms. The van der Waals surface area contributed by atoms with Crippen LogP contribution in [0.2, 0.25) is 0 Å². The van der Waals surface area contributed by atoms with E-state index in [9.17, 15) is 19.2 Å². The number of esters is 1.